The van der Waals surface area contributed by atoms with Gasteiger partial charge >= 0.3 is 0 Å². The Morgan fingerprint density at radius 3 is 2.62 bits per heavy atom. The van der Waals surface area contributed by atoms with Crippen molar-refractivity contribution in [1.82, 2.24) is 5.32 Å². The zero-order valence-corrected chi connectivity index (χ0v) is 13.1. The maximum Gasteiger partial charge on any atom is 0.0642 e. The maximum atomic E-state index is 5.39. The number of benzene rings is 1. The summed E-state index contributed by atoms with van der Waals surface area (Å²) in [5, 5.41) is 5.65. The average Bonchev–Trinajstić information content (AvgIpc) is 3.06. The molecule has 0 spiro atoms. The molecule has 1 aromatic heterocycles. The number of nitrogens with zero attached hydrogens (tertiary/aromatic N) is 1. The number of rotatable bonds is 6. The largest absolute Gasteiger partial charge is 0.378 e. The van der Waals surface area contributed by atoms with Crippen molar-refractivity contribution in [2.24, 2.45) is 0 Å². The number of morpholine rings is 1. The predicted molar refractivity (Wildman–Crippen MR) is 89.2 cm³/mol. The lowest BCUT2D eigenvalue weighted by molar-refractivity contribution is 0.122. The SMILES string of the molecule is c1csc(CCNCc2ccc(N3CCOCC3)cc2)c1. The van der Waals surface area contributed by atoms with E-state index in [1.807, 2.05) is 11.3 Å². The van der Waals surface area contributed by atoms with Gasteiger partial charge in [0.05, 0.1) is 13.2 Å². The first-order valence-electron chi connectivity index (χ1n) is 7.56. The minimum absolute atomic E-state index is 0.839. The fourth-order valence-electron chi connectivity index (χ4n) is 2.55. The summed E-state index contributed by atoms with van der Waals surface area (Å²) in [7, 11) is 0. The fourth-order valence-corrected chi connectivity index (χ4v) is 3.25. The molecule has 2 heterocycles. The number of hydrogen-bond acceptors (Lipinski definition) is 4. The third-order valence-corrected chi connectivity index (χ3v) is 4.71. The maximum absolute atomic E-state index is 5.39. The van der Waals surface area contributed by atoms with E-state index in [1.54, 1.807) is 0 Å². The van der Waals surface area contributed by atoms with Crippen LogP contribution < -0.4 is 10.2 Å². The van der Waals surface area contributed by atoms with Crippen molar-refractivity contribution in [3.8, 4) is 0 Å². The van der Waals surface area contributed by atoms with E-state index in [-0.39, 0.29) is 0 Å². The van der Waals surface area contributed by atoms with Crippen LogP contribution in [-0.4, -0.2) is 32.8 Å². The van der Waals surface area contributed by atoms with Gasteiger partial charge in [-0.1, -0.05) is 18.2 Å². The van der Waals surface area contributed by atoms with Crippen LogP contribution in [0.1, 0.15) is 10.4 Å². The van der Waals surface area contributed by atoms with E-state index in [2.05, 4.69) is 52.0 Å². The van der Waals surface area contributed by atoms with E-state index < -0.39 is 0 Å². The van der Waals surface area contributed by atoms with E-state index in [0.29, 0.717) is 0 Å². The number of ether oxygens (including phenoxy) is 1. The normalized spacial score (nSPS) is 15.3. The fraction of sp³-hybridized carbons (Fsp3) is 0.412. The molecule has 0 unspecified atom stereocenters. The van der Waals surface area contributed by atoms with Gasteiger partial charge < -0.3 is 15.0 Å². The van der Waals surface area contributed by atoms with Crippen LogP contribution in [0.5, 0.6) is 0 Å². The molecule has 0 saturated carbocycles. The summed E-state index contributed by atoms with van der Waals surface area (Å²) in [5.74, 6) is 0. The first kappa shape index (κ1) is 14.6. The Morgan fingerprint density at radius 1 is 1.10 bits per heavy atom. The highest BCUT2D eigenvalue weighted by Gasteiger charge is 2.10. The molecule has 1 fully saturated rings. The van der Waals surface area contributed by atoms with Gasteiger partial charge in [0.15, 0.2) is 0 Å². The van der Waals surface area contributed by atoms with Crippen molar-refractivity contribution in [1.29, 1.82) is 0 Å². The molecule has 0 aliphatic carbocycles. The third kappa shape index (κ3) is 4.30. The van der Waals surface area contributed by atoms with Gasteiger partial charge in [0.1, 0.15) is 0 Å². The molecule has 0 bridgehead atoms. The highest BCUT2D eigenvalue weighted by molar-refractivity contribution is 7.09. The number of hydrogen-bond donors (Lipinski definition) is 1. The van der Waals surface area contributed by atoms with Crippen LogP contribution in [-0.2, 0) is 17.7 Å². The molecule has 1 aromatic carbocycles. The van der Waals surface area contributed by atoms with Crippen LogP contribution in [0.4, 0.5) is 5.69 Å². The Labute approximate surface area is 130 Å². The molecule has 1 saturated heterocycles. The van der Waals surface area contributed by atoms with Gasteiger partial charge in [0.2, 0.25) is 0 Å². The Balaban J connectivity index is 1.43. The van der Waals surface area contributed by atoms with E-state index >= 15 is 0 Å². The molecule has 1 N–H and O–H groups in total. The molecule has 3 nitrogen and oxygen atoms in total. The Hall–Kier alpha value is -1.36. The molecule has 2 aromatic rings. The summed E-state index contributed by atoms with van der Waals surface area (Å²) in [4.78, 5) is 3.84. The average molecular weight is 302 g/mol. The molecule has 4 heteroatoms. The van der Waals surface area contributed by atoms with Gasteiger partial charge in [-0.05, 0) is 35.6 Å². The molecule has 112 valence electrons. The second-order valence-corrected chi connectivity index (χ2v) is 6.30. The Bertz CT molecular complexity index is 518. The summed E-state index contributed by atoms with van der Waals surface area (Å²) in [5.41, 5.74) is 2.65. The van der Waals surface area contributed by atoms with Crippen LogP contribution >= 0.6 is 11.3 Å². The molecular weight excluding hydrogens is 280 g/mol. The molecule has 1 aliphatic rings. The summed E-state index contributed by atoms with van der Waals surface area (Å²) >= 11 is 1.83. The Kier molecular flexibility index (Phi) is 5.27. The van der Waals surface area contributed by atoms with Crippen LogP contribution in [0.2, 0.25) is 0 Å². The number of nitrogens with one attached hydrogen (secondary N) is 1. The zero-order valence-electron chi connectivity index (χ0n) is 12.3. The van der Waals surface area contributed by atoms with Crippen molar-refractivity contribution < 1.29 is 4.74 Å². The van der Waals surface area contributed by atoms with Crippen LogP contribution in [0.3, 0.4) is 0 Å². The van der Waals surface area contributed by atoms with Gasteiger partial charge in [-0.25, -0.2) is 0 Å². The second-order valence-electron chi connectivity index (χ2n) is 5.27. The van der Waals surface area contributed by atoms with Crippen LogP contribution in [0, 0.1) is 0 Å². The Morgan fingerprint density at radius 2 is 1.90 bits per heavy atom. The summed E-state index contributed by atoms with van der Waals surface area (Å²) in [6.07, 6.45) is 1.11. The first-order chi connectivity index (χ1) is 10.4. The van der Waals surface area contributed by atoms with E-state index in [4.69, 9.17) is 4.74 Å². The predicted octanol–water partition coefficient (Wildman–Crippen LogP) is 2.92. The van der Waals surface area contributed by atoms with Crippen molar-refractivity contribution in [3.63, 3.8) is 0 Å². The molecule has 21 heavy (non-hydrogen) atoms. The van der Waals surface area contributed by atoms with Crippen molar-refractivity contribution in [3.05, 3.63) is 52.2 Å². The molecule has 0 atom stereocenters. The van der Waals surface area contributed by atoms with Gasteiger partial charge in [-0.3, -0.25) is 0 Å². The van der Waals surface area contributed by atoms with Crippen molar-refractivity contribution in [2.75, 3.05) is 37.7 Å². The standard InChI is InChI=1S/C17H22N2OS/c1-2-17(21-13-1)7-8-18-14-15-3-5-16(6-4-15)19-9-11-20-12-10-19/h1-6,13,18H,7-12,14H2. The lowest BCUT2D eigenvalue weighted by Gasteiger charge is -2.28. The number of thiophene rings is 1. The third-order valence-electron chi connectivity index (χ3n) is 3.77. The number of anilines is 1. The zero-order chi connectivity index (χ0) is 14.3. The summed E-state index contributed by atoms with van der Waals surface area (Å²) < 4.78 is 5.39. The molecule has 3 rings (SSSR count). The topological polar surface area (TPSA) is 24.5 Å². The highest BCUT2D eigenvalue weighted by Crippen LogP contribution is 2.16. The lowest BCUT2D eigenvalue weighted by Crippen LogP contribution is -2.36. The second kappa shape index (κ2) is 7.59. The lowest BCUT2D eigenvalue weighted by atomic mass is 10.2. The molecular formula is C17H22N2OS. The molecule has 0 amide bonds. The van der Waals surface area contributed by atoms with Gasteiger partial charge in [-0.2, -0.15) is 0 Å². The molecule has 1 aliphatic heterocycles. The van der Waals surface area contributed by atoms with E-state index in [0.717, 1.165) is 45.8 Å². The van der Waals surface area contributed by atoms with Crippen LogP contribution in [0.25, 0.3) is 0 Å². The van der Waals surface area contributed by atoms with Crippen LogP contribution in [0.15, 0.2) is 41.8 Å². The van der Waals surface area contributed by atoms with Gasteiger partial charge in [0.25, 0.3) is 0 Å². The minimum Gasteiger partial charge on any atom is -0.378 e. The van der Waals surface area contributed by atoms with Crippen molar-refractivity contribution >= 4 is 17.0 Å². The van der Waals surface area contributed by atoms with Crippen molar-refractivity contribution in [2.45, 2.75) is 13.0 Å². The quantitative estimate of drug-likeness (QED) is 0.830. The molecule has 0 radical (unpaired) electrons. The summed E-state index contributed by atoms with van der Waals surface area (Å²) in [6, 6.07) is 13.2. The van der Waals surface area contributed by atoms with Gasteiger partial charge in [0, 0.05) is 36.7 Å². The van der Waals surface area contributed by atoms with E-state index in [1.165, 1.54) is 16.1 Å². The monoisotopic (exact) mass is 302 g/mol. The first-order valence-corrected chi connectivity index (χ1v) is 8.44. The minimum atomic E-state index is 0.839. The summed E-state index contributed by atoms with van der Waals surface area (Å²) in [6.45, 7) is 5.65. The highest BCUT2D eigenvalue weighted by atomic mass is 32.1. The van der Waals surface area contributed by atoms with E-state index in [9.17, 15) is 0 Å². The van der Waals surface area contributed by atoms with Gasteiger partial charge in [-0.15, -0.1) is 11.3 Å². The smallest absolute Gasteiger partial charge is 0.0642 e.